The highest BCUT2D eigenvalue weighted by atomic mass is 19.4. The zero-order chi connectivity index (χ0) is 32.9. The number of carbonyl (C=O) groups is 1. The zero-order valence-electron chi connectivity index (χ0n) is 20.4. The summed E-state index contributed by atoms with van der Waals surface area (Å²) in [6.45, 7) is 1.50. The topological polar surface area (TPSA) is 35.5 Å². The summed E-state index contributed by atoms with van der Waals surface area (Å²) < 4.78 is 239. The molecule has 238 valence electrons. The van der Waals surface area contributed by atoms with Gasteiger partial charge in [-0.15, -0.1) is 0 Å². The van der Waals surface area contributed by atoms with Crippen molar-refractivity contribution in [1.82, 2.24) is 0 Å². The van der Waals surface area contributed by atoms with Crippen LogP contribution in [0.5, 0.6) is 0 Å². The number of methoxy groups -OCH3 is 1. The average Bonchev–Trinajstić information content (AvgIpc) is 2.82. The van der Waals surface area contributed by atoms with E-state index in [4.69, 9.17) is 0 Å². The molecule has 0 aromatic heterocycles. The van der Waals surface area contributed by atoms with Gasteiger partial charge >= 0.3 is 53.6 Å². The van der Waals surface area contributed by atoms with Crippen LogP contribution < -0.4 is 0 Å². The maximum Gasteiger partial charge on any atom is 0.460 e. The molecule has 0 aliphatic rings. The smallest absolute Gasteiger partial charge is 0.460 e. The Balaban J connectivity index is 3.67. The second kappa shape index (κ2) is 10.6. The fourth-order valence-electron chi connectivity index (χ4n) is 3.21. The Bertz CT molecular complexity index is 1100. The van der Waals surface area contributed by atoms with E-state index in [1.165, 1.54) is 6.92 Å². The minimum Gasteiger partial charge on any atom is -0.462 e. The van der Waals surface area contributed by atoms with Crippen molar-refractivity contribution in [3.63, 3.8) is 0 Å². The van der Waals surface area contributed by atoms with Gasteiger partial charge in [-0.1, -0.05) is 12.1 Å². The van der Waals surface area contributed by atoms with Gasteiger partial charge in [0.25, 0.3) is 0 Å². The number of carbonyl (C=O) groups excluding carboxylic acids is 1. The Labute approximate surface area is 218 Å². The molecule has 0 amide bonds. The molecule has 0 heterocycles. The number of alkyl halides is 17. The largest absolute Gasteiger partial charge is 0.462 e. The van der Waals surface area contributed by atoms with Gasteiger partial charge in [0.2, 0.25) is 0 Å². The van der Waals surface area contributed by atoms with Gasteiger partial charge in [-0.25, -0.2) is 4.79 Å². The molecule has 0 aliphatic heterocycles. The first-order valence-corrected chi connectivity index (χ1v) is 10.5. The van der Waals surface area contributed by atoms with Crippen LogP contribution in [0, 0.1) is 0 Å². The van der Waals surface area contributed by atoms with Crippen molar-refractivity contribution in [2.24, 2.45) is 0 Å². The Kier molecular flexibility index (Phi) is 9.46. The maximum absolute atomic E-state index is 14.6. The summed E-state index contributed by atoms with van der Waals surface area (Å²) in [4.78, 5) is 11.8. The number of benzene rings is 1. The van der Waals surface area contributed by atoms with Gasteiger partial charge in [-0.2, -0.15) is 74.6 Å². The van der Waals surface area contributed by atoms with Crippen molar-refractivity contribution in [3.05, 3.63) is 35.4 Å². The van der Waals surface area contributed by atoms with Crippen LogP contribution in [-0.4, -0.2) is 67.3 Å². The lowest BCUT2D eigenvalue weighted by Crippen LogP contribution is -2.74. The molecular weight excluding hydrogens is 623 g/mol. The van der Waals surface area contributed by atoms with Crippen LogP contribution in [0.1, 0.15) is 36.2 Å². The van der Waals surface area contributed by atoms with Crippen LogP contribution in [-0.2, 0) is 15.1 Å². The van der Waals surface area contributed by atoms with E-state index in [-0.39, 0.29) is 6.61 Å². The Morgan fingerprint density at radius 1 is 0.683 bits per heavy atom. The number of halogens is 17. The van der Waals surface area contributed by atoms with Crippen molar-refractivity contribution in [1.29, 1.82) is 0 Å². The van der Waals surface area contributed by atoms with Gasteiger partial charge in [0.15, 0.2) is 0 Å². The highest BCUT2D eigenvalue weighted by Gasteiger charge is 2.95. The van der Waals surface area contributed by atoms with Crippen LogP contribution in [0.2, 0.25) is 0 Å². The van der Waals surface area contributed by atoms with Gasteiger partial charge in [-0.3, -0.25) is 0 Å². The van der Waals surface area contributed by atoms with Gasteiger partial charge < -0.3 is 9.47 Å². The molecule has 0 saturated carbocycles. The normalized spacial score (nSPS) is 16.4. The first kappa shape index (κ1) is 36.5. The molecule has 3 nitrogen and oxygen atoms in total. The summed E-state index contributed by atoms with van der Waals surface area (Å²) in [5, 5.41) is 0. The van der Waals surface area contributed by atoms with Crippen molar-refractivity contribution in [2.75, 3.05) is 13.7 Å². The molecule has 0 spiro atoms. The van der Waals surface area contributed by atoms with Crippen molar-refractivity contribution < 1.29 is 88.9 Å². The van der Waals surface area contributed by atoms with E-state index in [2.05, 4.69) is 9.47 Å². The van der Waals surface area contributed by atoms with Crippen LogP contribution >= 0.6 is 0 Å². The quantitative estimate of drug-likeness (QED) is 0.171. The third-order valence-corrected chi connectivity index (χ3v) is 5.78. The standard InChI is InChI=1S/C21H17F17O3/c1-4-41-12(39)10-6-5-7-11(8-10)13(2,40-3)9-14(22,23)15(24,25)16(26,27)17(28,29)18(30,31)19(32,33)20(34,35)21(36,37)38/h5-8H,4,9H2,1-3H3. The second-order valence-corrected chi connectivity index (χ2v) is 8.56. The summed E-state index contributed by atoms with van der Waals surface area (Å²) >= 11 is 0. The number of ether oxygens (including phenoxy) is 2. The highest BCUT2D eigenvalue weighted by Crippen LogP contribution is 2.64. The van der Waals surface area contributed by atoms with Gasteiger partial charge in [0.05, 0.1) is 24.2 Å². The van der Waals surface area contributed by atoms with Crippen LogP contribution in [0.15, 0.2) is 24.3 Å². The molecule has 1 aromatic rings. The lowest BCUT2D eigenvalue weighted by atomic mass is 9.82. The average molecular weight is 640 g/mol. The fraction of sp³-hybridized carbons (Fsp3) is 0.667. The molecule has 1 unspecified atom stereocenters. The third-order valence-electron chi connectivity index (χ3n) is 5.78. The molecule has 41 heavy (non-hydrogen) atoms. The lowest BCUT2D eigenvalue weighted by Gasteiger charge is -2.44. The monoisotopic (exact) mass is 640 g/mol. The Hall–Kier alpha value is -2.54. The van der Waals surface area contributed by atoms with Crippen molar-refractivity contribution in [3.8, 4) is 0 Å². The van der Waals surface area contributed by atoms with E-state index in [9.17, 15) is 79.4 Å². The summed E-state index contributed by atoms with van der Waals surface area (Å²) in [7, 11) is 0.464. The van der Waals surface area contributed by atoms with Crippen molar-refractivity contribution >= 4 is 5.97 Å². The van der Waals surface area contributed by atoms with Gasteiger partial charge in [0.1, 0.15) is 0 Å². The number of esters is 1. The van der Waals surface area contributed by atoms with E-state index < -0.39 is 76.8 Å². The molecule has 1 rings (SSSR count). The molecule has 0 N–H and O–H groups in total. The maximum atomic E-state index is 14.6. The lowest BCUT2D eigenvalue weighted by molar-refractivity contribution is -0.462. The molecule has 0 bridgehead atoms. The number of hydrogen-bond donors (Lipinski definition) is 0. The second-order valence-electron chi connectivity index (χ2n) is 8.56. The van der Waals surface area contributed by atoms with E-state index in [1.807, 2.05) is 0 Å². The summed E-state index contributed by atoms with van der Waals surface area (Å²) in [5.41, 5.74) is -4.21. The SMILES string of the molecule is CCOC(=O)c1cccc(C(C)(CC(F)(F)C(F)(F)C(F)(F)C(F)(F)C(F)(F)C(F)(F)C(F)(F)C(F)(F)F)OC)c1. The van der Waals surface area contributed by atoms with Crippen LogP contribution in [0.3, 0.4) is 0 Å². The van der Waals surface area contributed by atoms with Gasteiger partial charge in [0, 0.05) is 7.11 Å². The molecule has 1 atom stereocenters. The van der Waals surface area contributed by atoms with Crippen molar-refractivity contribution in [2.45, 2.75) is 73.5 Å². The predicted molar refractivity (Wildman–Crippen MR) is 102 cm³/mol. The van der Waals surface area contributed by atoms with E-state index in [0.29, 0.717) is 20.1 Å². The van der Waals surface area contributed by atoms with E-state index in [0.717, 1.165) is 18.2 Å². The Morgan fingerprint density at radius 2 is 1.10 bits per heavy atom. The Morgan fingerprint density at radius 3 is 1.49 bits per heavy atom. The molecule has 20 heteroatoms. The zero-order valence-corrected chi connectivity index (χ0v) is 20.4. The minimum atomic E-state index is -8.71. The summed E-state index contributed by atoms with van der Waals surface area (Å²) in [5.74, 6) is -58.3. The molecule has 0 aliphatic carbocycles. The van der Waals surface area contributed by atoms with Crippen LogP contribution in [0.25, 0.3) is 0 Å². The molecule has 0 radical (unpaired) electrons. The molecular formula is C21H17F17O3. The van der Waals surface area contributed by atoms with Gasteiger partial charge in [-0.05, 0) is 31.5 Å². The predicted octanol–water partition coefficient (Wildman–Crippen LogP) is 8.12. The highest BCUT2D eigenvalue weighted by molar-refractivity contribution is 5.89. The first-order chi connectivity index (χ1) is 18.0. The number of hydrogen-bond acceptors (Lipinski definition) is 3. The fourth-order valence-corrected chi connectivity index (χ4v) is 3.21. The van der Waals surface area contributed by atoms with Crippen LogP contribution in [0.4, 0.5) is 74.6 Å². The molecule has 1 aromatic carbocycles. The molecule has 0 saturated heterocycles. The minimum absolute atomic E-state index is 0.239. The summed E-state index contributed by atoms with van der Waals surface area (Å²) in [6.07, 6.45) is -10.7. The van der Waals surface area contributed by atoms with E-state index in [1.54, 1.807) is 0 Å². The van der Waals surface area contributed by atoms with E-state index >= 15 is 0 Å². The first-order valence-electron chi connectivity index (χ1n) is 10.5. The number of rotatable bonds is 12. The third kappa shape index (κ3) is 5.51. The summed E-state index contributed by atoms with van der Waals surface area (Å²) in [6, 6.07) is 3.23. The molecule has 0 fully saturated rings.